The fraction of sp³-hybridized carbons (Fsp3) is 0.600. The smallest absolute Gasteiger partial charge is 0.225 e. The summed E-state index contributed by atoms with van der Waals surface area (Å²) < 4.78 is 0.924. The Morgan fingerprint density at radius 2 is 1.93 bits per heavy atom. The molecule has 0 saturated heterocycles. The molecule has 0 aliphatic carbocycles. The lowest BCUT2D eigenvalue weighted by atomic mass is 10.3. The standard InChI is InChI=1S/C10H16BrN3/c1-3-5-6-14(4-2)10-12-7-9(11)8-13-10/h7-8H,3-6H2,1-2H3. The Balaban J connectivity index is 2.64. The van der Waals surface area contributed by atoms with Crippen LogP contribution in [0.15, 0.2) is 16.9 Å². The third-order valence-corrected chi connectivity index (χ3v) is 2.46. The van der Waals surface area contributed by atoms with Crippen LogP contribution in [-0.2, 0) is 0 Å². The normalized spacial score (nSPS) is 10.2. The molecule has 0 fully saturated rings. The summed E-state index contributed by atoms with van der Waals surface area (Å²) in [5, 5.41) is 0. The van der Waals surface area contributed by atoms with Crippen LogP contribution in [0.1, 0.15) is 26.7 Å². The van der Waals surface area contributed by atoms with Gasteiger partial charge in [0.15, 0.2) is 0 Å². The first-order valence-electron chi connectivity index (χ1n) is 5.00. The number of unbranched alkanes of at least 4 members (excludes halogenated alkanes) is 1. The second kappa shape index (κ2) is 5.96. The van der Waals surface area contributed by atoms with Gasteiger partial charge >= 0.3 is 0 Å². The highest BCUT2D eigenvalue weighted by Crippen LogP contribution is 2.11. The van der Waals surface area contributed by atoms with Crippen LogP contribution in [0, 0.1) is 0 Å². The van der Waals surface area contributed by atoms with Crippen molar-refractivity contribution in [1.29, 1.82) is 0 Å². The van der Waals surface area contributed by atoms with E-state index in [1.54, 1.807) is 12.4 Å². The summed E-state index contributed by atoms with van der Waals surface area (Å²) in [6.07, 6.45) is 5.97. The van der Waals surface area contributed by atoms with Crippen molar-refractivity contribution >= 4 is 21.9 Å². The SMILES string of the molecule is CCCCN(CC)c1ncc(Br)cn1. The number of aromatic nitrogens is 2. The predicted octanol–water partition coefficient (Wildman–Crippen LogP) is 2.87. The molecule has 78 valence electrons. The highest BCUT2D eigenvalue weighted by atomic mass is 79.9. The van der Waals surface area contributed by atoms with E-state index in [-0.39, 0.29) is 0 Å². The maximum atomic E-state index is 4.27. The minimum Gasteiger partial charge on any atom is -0.341 e. The molecule has 0 bridgehead atoms. The minimum absolute atomic E-state index is 0.823. The first-order chi connectivity index (χ1) is 6.77. The third-order valence-electron chi connectivity index (χ3n) is 2.05. The molecule has 4 heteroatoms. The summed E-state index contributed by atoms with van der Waals surface area (Å²) in [5.41, 5.74) is 0. The first kappa shape index (κ1) is 11.4. The average molecular weight is 258 g/mol. The Morgan fingerprint density at radius 1 is 1.29 bits per heavy atom. The summed E-state index contributed by atoms with van der Waals surface area (Å²) in [6, 6.07) is 0. The van der Waals surface area contributed by atoms with Gasteiger partial charge in [-0.25, -0.2) is 9.97 Å². The molecule has 0 N–H and O–H groups in total. The van der Waals surface area contributed by atoms with Gasteiger partial charge in [-0.15, -0.1) is 0 Å². The lowest BCUT2D eigenvalue weighted by Crippen LogP contribution is -2.25. The zero-order valence-electron chi connectivity index (χ0n) is 8.70. The van der Waals surface area contributed by atoms with E-state index in [1.807, 2.05) is 0 Å². The Morgan fingerprint density at radius 3 is 2.43 bits per heavy atom. The third kappa shape index (κ3) is 3.25. The van der Waals surface area contributed by atoms with Gasteiger partial charge in [0.1, 0.15) is 0 Å². The van der Waals surface area contributed by atoms with Crippen LogP contribution in [0.4, 0.5) is 5.95 Å². The van der Waals surface area contributed by atoms with Gasteiger partial charge in [0.25, 0.3) is 0 Å². The zero-order chi connectivity index (χ0) is 10.4. The van der Waals surface area contributed by atoms with Crippen molar-refractivity contribution in [2.45, 2.75) is 26.7 Å². The second-order valence-corrected chi connectivity index (χ2v) is 4.05. The molecule has 0 radical (unpaired) electrons. The number of rotatable bonds is 5. The van der Waals surface area contributed by atoms with Crippen LogP contribution in [0.3, 0.4) is 0 Å². The topological polar surface area (TPSA) is 29.0 Å². The molecule has 1 heterocycles. The van der Waals surface area contributed by atoms with Gasteiger partial charge in [0.2, 0.25) is 5.95 Å². The Kier molecular flexibility index (Phi) is 4.87. The van der Waals surface area contributed by atoms with E-state index in [0.29, 0.717) is 0 Å². The molecule has 0 atom stereocenters. The molecule has 0 spiro atoms. The first-order valence-corrected chi connectivity index (χ1v) is 5.79. The summed E-state index contributed by atoms with van der Waals surface area (Å²) in [6.45, 7) is 6.31. The second-order valence-electron chi connectivity index (χ2n) is 3.13. The maximum Gasteiger partial charge on any atom is 0.225 e. The molecule has 0 saturated carbocycles. The van der Waals surface area contributed by atoms with E-state index in [2.05, 4.69) is 44.6 Å². The van der Waals surface area contributed by atoms with Gasteiger partial charge < -0.3 is 4.90 Å². The zero-order valence-corrected chi connectivity index (χ0v) is 10.3. The molecule has 1 aromatic heterocycles. The van der Waals surface area contributed by atoms with Crippen molar-refractivity contribution < 1.29 is 0 Å². The van der Waals surface area contributed by atoms with E-state index in [0.717, 1.165) is 23.5 Å². The Hall–Kier alpha value is -0.640. The number of nitrogens with zero attached hydrogens (tertiary/aromatic N) is 3. The van der Waals surface area contributed by atoms with E-state index >= 15 is 0 Å². The molecule has 3 nitrogen and oxygen atoms in total. The van der Waals surface area contributed by atoms with Crippen molar-refractivity contribution in [2.75, 3.05) is 18.0 Å². The van der Waals surface area contributed by atoms with Crippen LogP contribution in [0.5, 0.6) is 0 Å². The van der Waals surface area contributed by atoms with Crippen molar-refractivity contribution in [1.82, 2.24) is 9.97 Å². The number of halogens is 1. The van der Waals surface area contributed by atoms with Crippen molar-refractivity contribution in [3.63, 3.8) is 0 Å². The summed E-state index contributed by atoms with van der Waals surface area (Å²) in [5.74, 6) is 0.823. The number of hydrogen-bond donors (Lipinski definition) is 0. The minimum atomic E-state index is 0.823. The van der Waals surface area contributed by atoms with Crippen molar-refractivity contribution in [3.8, 4) is 0 Å². The molecule has 1 rings (SSSR count). The van der Waals surface area contributed by atoms with Gasteiger partial charge in [-0.1, -0.05) is 13.3 Å². The van der Waals surface area contributed by atoms with Crippen LogP contribution < -0.4 is 4.90 Å². The summed E-state index contributed by atoms with van der Waals surface area (Å²) in [7, 11) is 0. The fourth-order valence-corrected chi connectivity index (χ4v) is 1.42. The van der Waals surface area contributed by atoms with Crippen LogP contribution in [0.2, 0.25) is 0 Å². The lowest BCUT2D eigenvalue weighted by molar-refractivity contribution is 0.713. The highest BCUT2D eigenvalue weighted by molar-refractivity contribution is 9.10. The van der Waals surface area contributed by atoms with E-state index < -0.39 is 0 Å². The monoisotopic (exact) mass is 257 g/mol. The molecule has 0 amide bonds. The van der Waals surface area contributed by atoms with E-state index in [1.165, 1.54) is 12.8 Å². The van der Waals surface area contributed by atoms with E-state index in [4.69, 9.17) is 0 Å². The maximum absolute atomic E-state index is 4.27. The van der Waals surface area contributed by atoms with Crippen LogP contribution in [-0.4, -0.2) is 23.1 Å². The van der Waals surface area contributed by atoms with Gasteiger partial charge in [-0.05, 0) is 29.3 Å². The molecule has 0 unspecified atom stereocenters. The molecular weight excluding hydrogens is 242 g/mol. The molecule has 0 aliphatic rings. The van der Waals surface area contributed by atoms with Crippen molar-refractivity contribution in [3.05, 3.63) is 16.9 Å². The molecule has 14 heavy (non-hydrogen) atoms. The quantitative estimate of drug-likeness (QED) is 0.813. The predicted molar refractivity (Wildman–Crippen MR) is 62.5 cm³/mol. The van der Waals surface area contributed by atoms with Gasteiger partial charge in [0.05, 0.1) is 4.47 Å². The van der Waals surface area contributed by atoms with E-state index in [9.17, 15) is 0 Å². The highest BCUT2D eigenvalue weighted by Gasteiger charge is 2.05. The van der Waals surface area contributed by atoms with Crippen LogP contribution >= 0.6 is 15.9 Å². The van der Waals surface area contributed by atoms with Crippen LogP contribution in [0.25, 0.3) is 0 Å². The largest absolute Gasteiger partial charge is 0.341 e. The Labute approximate surface area is 93.7 Å². The fourth-order valence-electron chi connectivity index (χ4n) is 1.22. The lowest BCUT2D eigenvalue weighted by Gasteiger charge is -2.19. The number of hydrogen-bond acceptors (Lipinski definition) is 3. The number of anilines is 1. The Bertz CT molecular complexity index is 261. The molecule has 0 aromatic carbocycles. The average Bonchev–Trinajstić information content (AvgIpc) is 2.21. The molecule has 1 aromatic rings. The van der Waals surface area contributed by atoms with Gasteiger partial charge in [-0.3, -0.25) is 0 Å². The van der Waals surface area contributed by atoms with Gasteiger partial charge in [-0.2, -0.15) is 0 Å². The summed E-state index contributed by atoms with van der Waals surface area (Å²) >= 11 is 3.33. The molecule has 0 aliphatic heterocycles. The molecular formula is C10H16BrN3. The van der Waals surface area contributed by atoms with Crippen molar-refractivity contribution in [2.24, 2.45) is 0 Å². The summed E-state index contributed by atoms with van der Waals surface area (Å²) in [4.78, 5) is 10.7. The van der Waals surface area contributed by atoms with Gasteiger partial charge in [0, 0.05) is 25.5 Å².